The Balaban J connectivity index is 2.99. The molecule has 0 saturated heterocycles. The highest BCUT2D eigenvalue weighted by molar-refractivity contribution is 5.30. The van der Waals surface area contributed by atoms with Crippen LogP contribution < -0.4 is 5.73 Å². The number of rotatable bonds is 6. The van der Waals surface area contributed by atoms with E-state index in [0.29, 0.717) is 0 Å². The zero-order valence-electron chi connectivity index (χ0n) is 11.2. The molecule has 1 rings (SSSR count). The SMILES string of the molecule is CCCC(O)(CCC)C(N)c1ccccc1C. The predicted molar refractivity (Wildman–Crippen MR) is 72.9 cm³/mol. The molecule has 0 amide bonds. The molecule has 1 atom stereocenters. The smallest absolute Gasteiger partial charge is 0.0839 e. The lowest BCUT2D eigenvalue weighted by molar-refractivity contribution is -0.00473. The first kappa shape index (κ1) is 14.2. The quantitative estimate of drug-likeness (QED) is 0.794. The third-order valence-electron chi connectivity index (χ3n) is 3.47. The van der Waals surface area contributed by atoms with E-state index in [1.807, 2.05) is 31.2 Å². The molecule has 2 nitrogen and oxygen atoms in total. The van der Waals surface area contributed by atoms with Crippen LogP contribution in [0.4, 0.5) is 0 Å². The summed E-state index contributed by atoms with van der Waals surface area (Å²) < 4.78 is 0. The van der Waals surface area contributed by atoms with Gasteiger partial charge in [0.25, 0.3) is 0 Å². The summed E-state index contributed by atoms with van der Waals surface area (Å²) in [4.78, 5) is 0. The van der Waals surface area contributed by atoms with E-state index in [1.165, 1.54) is 0 Å². The zero-order chi connectivity index (χ0) is 12.9. The minimum absolute atomic E-state index is 0.288. The maximum atomic E-state index is 10.7. The molecule has 3 N–H and O–H groups in total. The number of benzene rings is 1. The Bertz CT molecular complexity index is 343. The van der Waals surface area contributed by atoms with Crippen molar-refractivity contribution < 1.29 is 5.11 Å². The molecule has 0 aliphatic rings. The van der Waals surface area contributed by atoms with Crippen LogP contribution in [0, 0.1) is 6.92 Å². The zero-order valence-corrected chi connectivity index (χ0v) is 11.2. The van der Waals surface area contributed by atoms with Crippen LogP contribution in [0.5, 0.6) is 0 Å². The normalized spacial score (nSPS) is 13.7. The van der Waals surface area contributed by atoms with Crippen LogP contribution in [0.1, 0.15) is 56.7 Å². The summed E-state index contributed by atoms with van der Waals surface area (Å²) in [6, 6.07) is 7.78. The second-order valence-corrected chi connectivity index (χ2v) is 4.94. The Morgan fingerprint density at radius 1 is 1.18 bits per heavy atom. The van der Waals surface area contributed by atoms with E-state index in [4.69, 9.17) is 5.73 Å². The summed E-state index contributed by atoms with van der Waals surface area (Å²) in [6.45, 7) is 6.23. The second kappa shape index (κ2) is 6.18. The van der Waals surface area contributed by atoms with Crippen molar-refractivity contribution in [2.24, 2.45) is 5.73 Å². The molecular formula is C15H25NO. The van der Waals surface area contributed by atoms with E-state index in [-0.39, 0.29) is 6.04 Å². The first-order valence-corrected chi connectivity index (χ1v) is 6.58. The molecule has 1 aromatic rings. The summed E-state index contributed by atoms with van der Waals surface area (Å²) in [5.41, 5.74) is 7.75. The van der Waals surface area contributed by atoms with Gasteiger partial charge >= 0.3 is 0 Å². The molecule has 0 spiro atoms. The van der Waals surface area contributed by atoms with Gasteiger partial charge in [0.15, 0.2) is 0 Å². The average molecular weight is 235 g/mol. The van der Waals surface area contributed by atoms with Gasteiger partial charge in [-0.05, 0) is 30.9 Å². The van der Waals surface area contributed by atoms with E-state index in [0.717, 1.165) is 36.8 Å². The second-order valence-electron chi connectivity index (χ2n) is 4.94. The van der Waals surface area contributed by atoms with Crippen molar-refractivity contribution in [3.05, 3.63) is 35.4 Å². The Morgan fingerprint density at radius 3 is 2.18 bits per heavy atom. The fourth-order valence-corrected chi connectivity index (χ4v) is 2.53. The summed E-state index contributed by atoms with van der Waals surface area (Å²) in [5, 5.41) is 10.7. The van der Waals surface area contributed by atoms with Gasteiger partial charge in [-0.1, -0.05) is 51.0 Å². The van der Waals surface area contributed by atoms with Gasteiger partial charge in [0.05, 0.1) is 11.6 Å². The average Bonchev–Trinajstić information content (AvgIpc) is 2.29. The van der Waals surface area contributed by atoms with Gasteiger partial charge in [-0.2, -0.15) is 0 Å². The number of hydrogen-bond donors (Lipinski definition) is 2. The lowest BCUT2D eigenvalue weighted by Crippen LogP contribution is -2.41. The van der Waals surface area contributed by atoms with Crippen LogP contribution in [0.2, 0.25) is 0 Å². The Morgan fingerprint density at radius 2 is 1.71 bits per heavy atom. The minimum Gasteiger partial charge on any atom is -0.388 e. The highest BCUT2D eigenvalue weighted by Gasteiger charge is 2.33. The third kappa shape index (κ3) is 3.30. The molecule has 0 fully saturated rings. The van der Waals surface area contributed by atoms with Crippen LogP contribution in [-0.4, -0.2) is 10.7 Å². The lowest BCUT2D eigenvalue weighted by Gasteiger charge is -2.34. The van der Waals surface area contributed by atoms with Crippen molar-refractivity contribution in [1.29, 1.82) is 0 Å². The Hall–Kier alpha value is -0.860. The third-order valence-corrected chi connectivity index (χ3v) is 3.47. The lowest BCUT2D eigenvalue weighted by atomic mass is 9.81. The van der Waals surface area contributed by atoms with Crippen LogP contribution in [-0.2, 0) is 0 Å². The molecular weight excluding hydrogens is 210 g/mol. The molecule has 1 unspecified atom stereocenters. The van der Waals surface area contributed by atoms with Gasteiger partial charge in [0.2, 0.25) is 0 Å². The van der Waals surface area contributed by atoms with E-state index in [2.05, 4.69) is 13.8 Å². The summed E-state index contributed by atoms with van der Waals surface area (Å²) in [6.07, 6.45) is 3.43. The predicted octanol–water partition coefficient (Wildman–Crippen LogP) is 3.33. The number of aliphatic hydroxyl groups is 1. The summed E-state index contributed by atoms with van der Waals surface area (Å²) in [7, 11) is 0. The largest absolute Gasteiger partial charge is 0.388 e. The van der Waals surface area contributed by atoms with Gasteiger partial charge < -0.3 is 10.8 Å². The number of aryl methyl sites for hydroxylation is 1. The van der Waals surface area contributed by atoms with Crippen molar-refractivity contribution >= 4 is 0 Å². The Kier molecular flexibility index (Phi) is 5.16. The molecule has 0 bridgehead atoms. The first-order chi connectivity index (χ1) is 8.05. The van der Waals surface area contributed by atoms with Crippen molar-refractivity contribution in [3.63, 3.8) is 0 Å². The summed E-state index contributed by atoms with van der Waals surface area (Å²) >= 11 is 0. The fraction of sp³-hybridized carbons (Fsp3) is 0.600. The van der Waals surface area contributed by atoms with Crippen LogP contribution >= 0.6 is 0 Å². The Labute approximate surface area is 105 Å². The molecule has 96 valence electrons. The fourth-order valence-electron chi connectivity index (χ4n) is 2.53. The molecule has 2 heteroatoms. The van der Waals surface area contributed by atoms with Gasteiger partial charge in [-0.3, -0.25) is 0 Å². The molecule has 0 radical (unpaired) electrons. The van der Waals surface area contributed by atoms with Crippen molar-refractivity contribution in [3.8, 4) is 0 Å². The van der Waals surface area contributed by atoms with E-state index >= 15 is 0 Å². The van der Waals surface area contributed by atoms with E-state index in [9.17, 15) is 5.11 Å². The van der Waals surface area contributed by atoms with Gasteiger partial charge in [-0.25, -0.2) is 0 Å². The molecule has 17 heavy (non-hydrogen) atoms. The highest BCUT2D eigenvalue weighted by atomic mass is 16.3. The molecule has 0 saturated carbocycles. The monoisotopic (exact) mass is 235 g/mol. The standard InChI is InChI=1S/C15H25NO/c1-4-10-15(17,11-5-2)14(16)13-9-7-6-8-12(13)3/h6-9,14,17H,4-5,10-11,16H2,1-3H3. The summed E-state index contributed by atoms with van der Waals surface area (Å²) in [5.74, 6) is 0. The highest BCUT2D eigenvalue weighted by Crippen LogP contribution is 2.33. The van der Waals surface area contributed by atoms with Gasteiger partial charge in [0, 0.05) is 0 Å². The topological polar surface area (TPSA) is 46.2 Å². The molecule has 1 aromatic carbocycles. The molecule has 0 heterocycles. The molecule has 0 aliphatic heterocycles. The van der Waals surface area contributed by atoms with Crippen LogP contribution in [0.15, 0.2) is 24.3 Å². The van der Waals surface area contributed by atoms with Crippen molar-refractivity contribution in [2.75, 3.05) is 0 Å². The molecule has 0 aromatic heterocycles. The van der Waals surface area contributed by atoms with Crippen molar-refractivity contribution in [1.82, 2.24) is 0 Å². The van der Waals surface area contributed by atoms with Gasteiger partial charge in [-0.15, -0.1) is 0 Å². The van der Waals surface area contributed by atoms with E-state index < -0.39 is 5.60 Å². The number of nitrogens with two attached hydrogens (primary N) is 1. The maximum absolute atomic E-state index is 10.7. The number of hydrogen-bond acceptors (Lipinski definition) is 2. The van der Waals surface area contributed by atoms with Crippen molar-refractivity contribution in [2.45, 2.75) is 58.1 Å². The molecule has 0 aliphatic carbocycles. The minimum atomic E-state index is -0.768. The van der Waals surface area contributed by atoms with Gasteiger partial charge in [0.1, 0.15) is 0 Å². The van der Waals surface area contributed by atoms with Crippen LogP contribution in [0.3, 0.4) is 0 Å². The van der Waals surface area contributed by atoms with E-state index in [1.54, 1.807) is 0 Å². The first-order valence-electron chi connectivity index (χ1n) is 6.58. The maximum Gasteiger partial charge on any atom is 0.0839 e. The van der Waals surface area contributed by atoms with Crippen LogP contribution in [0.25, 0.3) is 0 Å².